The molecule has 1 aliphatic heterocycles. The van der Waals surface area contributed by atoms with Gasteiger partial charge in [-0.3, -0.25) is 0 Å². The van der Waals surface area contributed by atoms with Gasteiger partial charge in [-0.2, -0.15) is 0 Å². The summed E-state index contributed by atoms with van der Waals surface area (Å²) in [6.45, 7) is 2.34. The van der Waals surface area contributed by atoms with Crippen molar-refractivity contribution >= 4 is 49.2 Å². The highest BCUT2D eigenvalue weighted by Gasteiger charge is 2.18. The Labute approximate surface area is 185 Å². The molecule has 0 bridgehead atoms. The minimum absolute atomic E-state index is 0.398. The summed E-state index contributed by atoms with van der Waals surface area (Å²) < 4.78 is 0.972. The molecular formula is C20H17BrN7OS-. The topological polar surface area (TPSA) is 107 Å². The summed E-state index contributed by atoms with van der Waals surface area (Å²) in [6.07, 6.45) is 3.26. The fraction of sp³-hybridized carbons (Fsp3) is 0.200. The predicted molar refractivity (Wildman–Crippen MR) is 123 cm³/mol. The first kappa shape index (κ1) is 19.3. The van der Waals surface area contributed by atoms with Gasteiger partial charge in [-0.05, 0) is 29.3 Å². The number of nitrogens with zero attached hydrogens (tertiary/aromatic N) is 6. The van der Waals surface area contributed by atoms with Crippen LogP contribution in [-0.2, 0) is 0 Å². The summed E-state index contributed by atoms with van der Waals surface area (Å²) in [4.78, 5) is 20.9. The third-order valence-electron chi connectivity index (χ3n) is 5.02. The molecule has 152 valence electrons. The molecule has 1 fully saturated rings. The number of fused-ring (bicyclic) bond motifs is 1. The van der Waals surface area contributed by atoms with E-state index in [-0.39, 0.29) is 0 Å². The van der Waals surface area contributed by atoms with Gasteiger partial charge in [0.2, 0.25) is 0 Å². The van der Waals surface area contributed by atoms with Crippen molar-refractivity contribution < 1.29 is 0 Å². The molecule has 0 atom stereocenters. The Morgan fingerprint density at radius 3 is 2.70 bits per heavy atom. The molecule has 10 heteroatoms. The van der Waals surface area contributed by atoms with Crippen LogP contribution < -0.4 is 10.6 Å². The van der Waals surface area contributed by atoms with Crippen LogP contribution in [-0.4, -0.2) is 51.2 Å². The number of hydrogen-bond acceptors (Lipinski definition) is 9. The molecule has 30 heavy (non-hydrogen) atoms. The quantitative estimate of drug-likeness (QED) is 0.469. The second kappa shape index (κ2) is 7.88. The average Bonchev–Trinajstić information content (AvgIpc) is 3.24. The number of aromatic nitrogens is 4. The van der Waals surface area contributed by atoms with E-state index in [0.29, 0.717) is 37.6 Å². The molecule has 1 saturated heterocycles. The number of thiazole rings is 1. The number of halogens is 1. The van der Waals surface area contributed by atoms with Crippen LogP contribution in [0.1, 0.15) is 0 Å². The van der Waals surface area contributed by atoms with Gasteiger partial charge in [-0.25, -0.2) is 19.9 Å². The lowest BCUT2D eigenvalue weighted by Gasteiger charge is -2.38. The monoisotopic (exact) mass is 482 g/mol. The number of nitrogen functional groups attached to an aromatic ring is 1. The second-order valence-corrected chi connectivity index (χ2v) is 8.87. The highest BCUT2D eigenvalue weighted by atomic mass is 79.9. The molecule has 4 aromatic rings. The fourth-order valence-corrected chi connectivity index (χ4v) is 4.83. The zero-order valence-corrected chi connectivity index (χ0v) is 18.2. The van der Waals surface area contributed by atoms with Crippen LogP contribution in [0.4, 0.5) is 10.9 Å². The zero-order chi connectivity index (χ0) is 20.7. The van der Waals surface area contributed by atoms with Gasteiger partial charge in [0.1, 0.15) is 12.1 Å². The van der Waals surface area contributed by atoms with Crippen LogP contribution in [0.2, 0.25) is 0 Å². The smallest absolute Gasteiger partial charge is 0.185 e. The third-order valence-corrected chi connectivity index (χ3v) is 6.60. The average molecular weight is 483 g/mol. The Morgan fingerprint density at radius 2 is 1.90 bits per heavy atom. The van der Waals surface area contributed by atoms with E-state index in [4.69, 9.17) is 10.7 Å². The maximum atomic E-state index is 11.5. The summed E-state index contributed by atoms with van der Waals surface area (Å²) in [5.41, 5.74) is 9.43. The molecule has 2 N–H and O–H groups in total. The van der Waals surface area contributed by atoms with E-state index >= 15 is 0 Å². The molecule has 3 aromatic heterocycles. The lowest BCUT2D eigenvalue weighted by Crippen LogP contribution is -2.43. The number of rotatable bonds is 3. The van der Waals surface area contributed by atoms with E-state index in [1.165, 1.54) is 6.33 Å². The van der Waals surface area contributed by atoms with E-state index in [0.717, 1.165) is 41.8 Å². The summed E-state index contributed by atoms with van der Waals surface area (Å²) >= 11 is 5.10. The highest BCUT2D eigenvalue weighted by molar-refractivity contribution is 9.10. The first-order chi connectivity index (χ1) is 14.6. The van der Waals surface area contributed by atoms with Crippen molar-refractivity contribution in [1.82, 2.24) is 25.0 Å². The Hall–Kier alpha value is -2.66. The van der Waals surface area contributed by atoms with Crippen molar-refractivity contribution in [1.29, 1.82) is 0 Å². The Bertz CT molecular complexity index is 1220. The van der Waals surface area contributed by atoms with Crippen molar-refractivity contribution in [2.75, 3.05) is 36.8 Å². The molecule has 4 heterocycles. The van der Waals surface area contributed by atoms with Crippen LogP contribution in [0, 0.1) is 5.21 Å². The molecule has 0 spiro atoms. The maximum Gasteiger partial charge on any atom is 0.185 e. The van der Waals surface area contributed by atoms with Crippen molar-refractivity contribution in [2.24, 2.45) is 0 Å². The number of benzene rings is 1. The van der Waals surface area contributed by atoms with Crippen molar-refractivity contribution in [2.45, 2.75) is 0 Å². The molecule has 0 saturated carbocycles. The first-order valence-corrected chi connectivity index (χ1v) is 11.0. The number of hydrogen-bond donors (Lipinski definition) is 1. The van der Waals surface area contributed by atoms with Gasteiger partial charge < -0.3 is 20.9 Å². The minimum atomic E-state index is 0.398. The molecule has 0 radical (unpaired) electrons. The zero-order valence-electron chi connectivity index (χ0n) is 15.8. The SMILES string of the molecule is Nc1ncnc2nc(-c3cnc(N4CCN([O-])CC4)s3)cc(-c3cccc(Br)c3)c12. The lowest BCUT2D eigenvalue weighted by atomic mass is 10.0. The Balaban J connectivity index is 1.61. The number of hydroxylamine groups is 2. The van der Waals surface area contributed by atoms with Crippen LogP contribution in [0.5, 0.6) is 0 Å². The minimum Gasteiger partial charge on any atom is -0.785 e. The molecule has 8 nitrogen and oxygen atoms in total. The van der Waals surface area contributed by atoms with Crippen LogP contribution in [0.3, 0.4) is 0 Å². The second-order valence-electron chi connectivity index (χ2n) is 6.95. The Morgan fingerprint density at radius 1 is 1.07 bits per heavy atom. The van der Waals surface area contributed by atoms with E-state index in [9.17, 15) is 5.21 Å². The van der Waals surface area contributed by atoms with Crippen LogP contribution >= 0.6 is 27.3 Å². The Kier molecular flexibility index (Phi) is 5.07. The molecule has 0 aliphatic carbocycles. The van der Waals surface area contributed by atoms with Gasteiger partial charge >= 0.3 is 0 Å². The van der Waals surface area contributed by atoms with Gasteiger partial charge in [-0.1, -0.05) is 39.4 Å². The van der Waals surface area contributed by atoms with Crippen molar-refractivity contribution in [3.05, 3.63) is 52.5 Å². The van der Waals surface area contributed by atoms with Gasteiger partial charge in [0, 0.05) is 36.8 Å². The normalized spacial score (nSPS) is 15.1. The summed E-state index contributed by atoms with van der Waals surface area (Å²) in [6, 6.07) is 10.0. The fourth-order valence-electron chi connectivity index (χ4n) is 3.51. The molecule has 1 aromatic carbocycles. The van der Waals surface area contributed by atoms with Crippen LogP contribution in [0.15, 0.2) is 47.3 Å². The van der Waals surface area contributed by atoms with E-state index in [1.807, 2.05) is 36.5 Å². The standard InChI is InChI=1S/C20H17BrN7OS/c21-13-3-1-2-12(8-13)14-9-15(26-19-17(14)18(22)24-11-25-19)16-10-23-20(30-16)27-4-6-28(29)7-5-27/h1-3,8-11H,4-7H2,(H2,22,24,25,26)/q-1. The maximum absolute atomic E-state index is 11.5. The predicted octanol–water partition coefficient (Wildman–Crippen LogP) is 3.78. The molecule has 0 unspecified atom stereocenters. The van der Waals surface area contributed by atoms with Crippen molar-refractivity contribution in [3.63, 3.8) is 0 Å². The van der Waals surface area contributed by atoms with E-state index in [1.54, 1.807) is 11.3 Å². The molecule has 5 rings (SSSR count). The van der Waals surface area contributed by atoms with Gasteiger partial charge in [0.05, 0.1) is 16.0 Å². The highest BCUT2D eigenvalue weighted by Crippen LogP contribution is 2.37. The van der Waals surface area contributed by atoms with Crippen molar-refractivity contribution in [3.8, 4) is 21.7 Å². The lowest BCUT2D eigenvalue weighted by molar-refractivity contribution is 0.350. The molecular weight excluding hydrogens is 466 g/mol. The largest absolute Gasteiger partial charge is 0.785 e. The molecule has 1 aliphatic rings. The summed E-state index contributed by atoms with van der Waals surface area (Å²) in [5.74, 6) is 0.398. The van der Waals surface area contributed by atoms with Gasteiger partial charge in [0.15, 0.2) is 10.8 Å². The van der Waals surface area contributed by atoms with Gasteiger partial charge in [0.25, 0.3) is 0 Å². The number of piperazine rings is 1. The molecule has 0 amide bonds. The number of nitrogens with two attached hydrogens (primary N) is 1. The number of anilines is 2. The van der Waals surface area contributed by atoms with E-state index in [2.05, 4.69) is 35.8 Å². The summed E-state index contributed by atoms with van der Waals surface area (Å²) in [7, 11) is 0. The third kappa shape index (κ3) is 3.63. The summed E-state index contributed by atoms with van der Waals surface area (Å²) in [5, 5.41) is 14.2. The van der Waals surface area contributed by atoms with E-state index < -0.39 is 0 Å². The number of pyridine rings is 1. The van der Waals surface area contributed by atoms with Crippen LogP contribution in [0.25, 0.3) is 32.7 Å². The van der Waals surface area contributed by atoms with Gasteiger partial charge in [-0.15, -0.1) is 0 Å². The first-order valence-electron chi connectivity index (χ1n) is 9.39.